The predicted octanol–water partition coefficient (Wildman–Crippen LogP) is 20.1. The highest BCUT2D eigenvalue weighted by Crippen LogP contribution is 2.33. The molecular weight excluding hydrogens is 886 g/mol. The molecule has 4 heteroatoms. The summed E-state index contributed by atoms with van der Waals surface area (Å²) < 4.78 is 3.97. The van der Waals surface area contributed by atoms with Gasteiger partial charge in [-0.05, 0) is 106 Å². The van der Waals surface area contributed by atoms with Gasteiger partial charge in [0.25, 0.3) is 5.56 Å². The number of rotatable bonds is 40. The molecule has 0 aliphatic heterocycles. The third-order valence-corrected chi connectivity index (χ3v) is 14.3. The largest absolute Gasteiger partial charge is 0.270 e. The van der Waals surface area contributed by atoms with Crippen molar-refractivity contribution in [2.75, 3.05) is 0 Å². The molecule has 0 fully saturated rings. The summed E-state index contributed by atoms with van der Waals surface area (Å²) in [5, 5.41) is 0.931. The molecule has 2 heterocycles. The lowest BCUT2D eigenvalue weighted by Crippen LogP contribution is -2.38. The molecule has 1 atom stereocenters. The lowest BCUT2D eigenvalue weighted by molar-refractivity contribution is 0.408. The quantitative estimate of drug-likeness (QED) is 0.0482. The first-order chi connectivity index (χ1) is 30.2. The maximum absolute atomic E-state index is 15.2. The fourth-order valence-electron chi connectivity index (χ4n) is 9.84. The number of allylic oxidation sites excluding steroid dienone is 5. The summed E-state index contributed by atoms with van der Waals surface area (Å²) in [6, 6.07) is 4.26. The average Bonchev–Trinajstić information content (AvgIpc) is 3.65. The van der Waals surface area contributed by atoms with Crippen molar-refractivity contribution in [2.24, 2.45) is 5.92 Å². The molecule has 1 unspecified atom stereocenters. The van der Waals surface area contributed by atoms with Crippen molar-refractivity contribution in [1.29, 1.82) is 0 Å². The van der Waals surface area contributed by atoms with Gasteiger partial charge in [0.15, 0.2) is 0 Å². The first kappa shape index (κ1) is 56.7. The monoisotopic (exact) mass is 982 g/mol. The minimum absolute atomic E-state index is 0.120. The van der Waals surface area contributed by atoms with Gasteiger partial charge < -0.3 is 0 Å². The van der Waals surface area contributed by atoms with Gasteiger partial charge in [0.2, 0.25) is 0 Å². The molecule has 0 N–H and O–H groups in total. The molecule has 0 amide bonds. The van der Waals surface area contributed by atoms with Crippen LogP contribution in [0.3, 0.4) is 0 Å². The van der Waals surface area contributed by atoms with Crippen molar-refractivity contribution in [3.63, 3.8) is 0 Å². The van der Waals surface area contributed by atoms with Gasteiger partial charge in [0, 0.05) is 0 Å². The third-order valence-electron chi connectivity index (χ3n) is 13.5. The van der Waals surface area contributed by atoms with E-state index in [4.69, 9.17) is 0 Å². The number of pyridine rings is 1. The number of hydrogen-bond acceptors (Lipinski definition) is 1. The molecule has 0 saturated carbocycles. The second kappa shape index (κ2) is 36.8. The molecule has 0 saturated heterocycles. The zero-order valence-electron chi connectivity index (χ0n) is 41.7. The van der Waals surface area contributed by atoms with Crippen LogP contribution in [0.4, 0.5) is 0 Å². The number of fused-ring (bicyclic) bond motifs is 1. The van der Waals surface area contributed by atoms with E-state index in [9.17, 15) is 0 Å². The average molecular weight is 984 g/mol. The van der Waals surface area contributed by atoms with E-state index in [1.165, 1.54) is 216 Å². The lowest BCUT2D eigenvalue weighted by Gasteiger charge is -2.23. The number of unbranched alkanes of at least 4 members (excludes halogenated alkanes) is 27. The summed E-state index contributed by atoms with van der Waals surface area (Å²) >= 11 is 7.60. The van der Waals surface area contributed by atoms with Crippen LogP contribution in [0.15, 0.2) is 50.3 Å². The Kier molecular flexibility index (Phi) is 33.7. The Morgan fingerprint density at radius 3 is 1.42 bits per heavy atom. The Morgan fingerprint density at radius 2 is 1.02 bits per heavy atom. The van der Waals surface area contributed by atoms with Crippen LogP contribution in [0, 0.1) is 5.92 Å². The molecule has 0 bridgehead atoms. The van der Waals surface area contributed by atoms with Crippen LogP contribution in [0.2, 0.25) is 0 Å². The van der Waals surface area contributed by atoms with Crippen LogP contribution in [0.1, 0.15) is 277 Å². The van der Waals surface area contributed by atoms with E-state index in [2.05, 4.69) is 104 Å². The molecule has 2 aromatic rings. The van der Waals surface area contributed by atoms with Gasteiger partial charge in [-0.2, -0.15) is 0 Å². The summed E-state index contributed by atoms with van der Waals surface area (Å²) in [5.74, 6) is 0.564. The Morgan fingerprint density at radius 1 is 0.597 bits per heavy atom. The molecule has 62 heavy (non-hydrogen) atoms. The van der Waals surface area contributed by atoms with Crippen LogP contribution >= 0.6 is 31.9 Å². The van der Waals surface area contributed by atoms with Crippen molar-refractivity contribution in [3.05, 3.63) is 72.2 Å². The van der Waals surface area contributed by atoms with Crippen LogP contribution in [0.25, 0.3) is 16.7 Å². The highest BCUT2D eigenvalue weighted by molar-refractivity contribution is 9.11. The SMILES string of the molecule is C=C(C)c1c(CCCCCCCCCCCCCC)c2ccc(Br)n2c(=O)/c1=C(CC(CCCCCCCCCC)CCCCCCCCCCCC)/C(=C/C=C(\C)Br)CCC. The third kappa shape index (κ3) is 23.2. The smallest absolute Gasteiger partial charge is 0.264 e. The maximum Gasteiger partial charge on any atom is 0.264 e. The van der Waals surface area contributed by atoms with Crippen molar-refractivity contribution < 1.29 is 0 Å². The fourth-order valence-corrected chi connectivity index (χ4v) is 10.5. The van der Waals surface area contributed by atoms with E-state index in [0.29, 0.717) is 5.92 Å². The van der Waals surface area contributed by atoms with Crippen molar-refractivity contribution >= 4 is 48.5 Å². The van der Waals surface area contributed by atoms with E-state index >= 15 is 4.79 Å². The van der Waals surface area contributed by atoms with Crippen molar-refractivity contribution in [3.8, 4) is 0 Å². The first-order valence-electron chi connectivity index (χ1n) is 26.8. The molecule has 0 aliphatic carbocycles. The van der Waals surface area contributed by atoms with Crippen molar-refractivity contribution in [1.82, 2.24) is 4.40 Å². The minimum Gasteiger partial charge on any atom is -0.270 e. The van der Waals surface area contributed by atoms with Crippen LogP contribution in [0.5, 0.6) is 0 Å². The highest BCUT2D eigenvalue weighted by atomic mass is 79.9. The Labute approximate surface area is 401 Å². The van der Waals surface area contributed by atoms with Crippen LogP contribution < -0.4 is 10.8 Å². The Balaban J connectivity index is 2.52. The van der Waals surface area contributed by atoms with E-state index in [1.54, 1.807) is 0 Å². The van der Waals surface area contributed by atoms with Gasteiger partial charge in [-0.1, -0.05) is 268 Å². The van der Waals surface area contributed by atoms with Gasteiger partial charge in [0.1, 0.15) is 0 Å². The van der Waals surface area contributed by atoms with Gasteiger partial charge >= 0.3 is 0 Å². The molecule has 0 aliphatic rings. The topological polar surface area (TPSA) is 21.5 Å². The number of hydrogen-bond donors (Lipinski definition) is 0. The van der Waals surface area contributed by atoms with E-state index in [-0.39, 0.29) is 5.56 Å². The standard InChI is InChI=1S/C58H97Br2NO/c1-8-12-15-18-21-24-26-27-29-32-35-38-42-52-54-45-46-55(60)61(54)58(62)57(56(52)48(5)6)53(51(39-11-4)44-43-49(7)59)47-50(40-36-33-30-23-20-17-14-10-3)41-37-34-31-28-25-22-19-16-13-9-2/h43-46,50H,5,8-42,47H2,1-4,6-7H3/b49-43+,51-44+,57-53+. The number of nitrogens with zero attached hydrogens (tertiary/aromatic N) is 1. The molecule has 0 radical (unpaired) electrons. The van der Waals surface area contributed by atoms with Crippen LogP contribution in [-0.2, 0) is 6.42 Å². The van der Waals surface area contributed by atoms with Gasteiger partial charge in [-0.15, -0.1) is 0 Å². The number of aryl methyl sites for hydroxylation is 1. The van der Waals surface area contributed by atoms with E-state index < -0.39 is 0 Å². The highest BCUT2D eigenvalue weighted by Gasteiger charge is 2.23. The zero-order valence-corrected chi connectivity index (χ0v) is 44.8. The first-order valence-corrected chi connectivity index (χ1v) is 28.4. The molecule has 2 rings (SSSR count). The van der Waals surface area contributed by atoms with E-state index in [0.717, 1.165) is 63.1 Å². The molecular formula is C58H97Br2NO. The Bertz CT molecular complexity index is 1640. The molecule has 354 valence electrons. The normalized spacial score (nSPS) is 13.4. The van der Waals surface area contributed by atoms with Gasteiger partial charge in [0.05, 0.1) is 15.3 Å². The summed E-state index contributed by atoms with van der Waals surface area (Å²) in [6.07, 6.45) is 51.6. The minimum atomic E-state index is 0.120. The fraction of sp³-hybridized carbons (Fsp3) is 0.741. The number of halogens is 2. The van der Waals surface area contributed by atoms with Crippen LogP contribution in [-0.4, -0.2) is 4.40 Å². The van der Waals surface area contributed by atoms with Crippen molar-refractivity contribution in [2.45, 2.75) is 273 Å². The molecule has 0 spiro atoms. The number of aromatic nitrogens is 1. The summed E-state index contributed by atoms with van der Waals surface area (Å²) in [4.78, 5) is 15.2. The maximum atomic E-state index is 15.2. The van der Waals surface area contributed by atoms with Gasteiger partial charge in [-0.25, -0.2) is 0 Å². The lowest BCUT2D eigenvalue weighted by atomic mass is 9.82. The summed E-state index contributed by atoms with van der Waals surface area (Å²) in [6.45, 7) is 18.1. The van der Waals surface area contributed by atoms with E-state index in [1.807, 2.05) is 4.40 Å². The Hall–Kier alpha value is -1.39. The predicted molar refractivity (Wildman–Crippen MR) is 287 cm³/mol. The second-order valence-corrected chi connectivity index (χ2v) is 21.4. The molecule has 0 aromatic carbocycles. The second-order valence-electron chi connectivity index (χ2n) is 19.3. The molecule has 2 nitrogen and oxygen atoms in total. The van der Waals surface area contributed by atoms with Gasteiger partial charge in [-0.3, -0.25) is 9.20 Å². The summed E-state index contributed by atoms with van der Waals surface area (Å²) in [7, 11) is 0. The summed E-state index contributed by atoms with van der Waals surface area (Å²) in [5.41, 5.74) is 7.28. The zero-order chi connectivity index (χ0) is 45.2. The molecule has 2 aromatic heterocycles.